The van der Waals surface area contributed by atoms with E-state index in [0.717, 1.165) is 0 Å². The molecule has 0 fully saturated rings. The number of halogens is 3. The zero-order valence-electron chi connectivity index (χ0n) is 11.0. The maximum atomic E-state index is 13.1. The van der Waals surface area contributed by atoms with E-state index >= 15 is 0 Å². The van der Waals surface area contributed by atoms with E-state index in [0.29, 0.717) is 12.1 Å². The normalized spacial score (nSPS) is 11.5. The second kappa shape index (κ2) is 5.61. The molecule has 0 aromatic heterocycles. The number of carbonyl (C=O) groups excluding carboxylic acids is 1. The van der Waals surface area contributed by atoms with E-state index < -0.39 is 29.0 Å². The summed E-state index contributed by atoms with van der Waals surface area (Å²) >= 11 is 0. The van der Waals surface area contributed by atoms with Crippen molar-refractivity contribution in [2.45, 2.75) is 26.4 Å². The molecular weight excluding hydrogens is 259 g/mol. The SMILES string of the molecule is CCN(CC(C)(C)O)C(=O)c1cc(F)c(F)c(F)c1. The van der Waals surface area contributed by atoms with E-state index in [1.165, 1.54) is 18.7 Å². The minimum atomic E-state index is -1.61. The molecule has 3 nitrogen and oxygen atoms in total. The minimum absolute atomic E-state index is 0.00292. The van der Waals surface area contributed by atoms with Crippen molar-refractivity contribution < 1.29 is 23.1 Å². The first-order valence-electron chi connectivity index (χ1n) is 5.82. The van der Waals surface area contributed by atoms with Crippen LogP contribution in [-0.4, -0.2) is 34.6 Å². The molecule has 1 aromatic rings. The summed E-state index contributed by atoms with van der Waals surface area (Å²) in [6.45, 7) is 4.94. The van der Waals surface area contributed by atoms with Gasteiger partial charge in [-0.25, -0.2) is 13.2 Å². The van der Waals surface area contributed by atoms with E-state index in [9.17, 15) is 23.1 Å². The summed E-state index contributed by atoms with van der Waals surface area (Å²) in [5.41, 5.74) is -1.43. The van der Waals surface area contributed by atoms with Gasteiger partial charge < -0.3 is 10.0 Å². The Morgan fingerprint density at radius 3 is 2.11 bits per heavy atom. The molecular formula is C13H16F3NO2. The molecule has 0 unspecified atom stereocenters. The Morgan fingerprint density at radius 1 is 1.26 bits per heavy atom. The first-order chi connectivity index (χ1) is 8.65. The molecule has 1 N–H and O–H groups in total. The number of amides is 1. The zero-order valence-corrected chi connectivity index (χ0v) is 11.0. The Labute approximate surface area is 109 Å². The highest BCUT2D eigenvalue weighted by Crippen LogP contribution is 2.16. The van der Waals surface area contributed by atoms with Crippen molar-refractivity contribution in [2.24, 2.45) is 0 Å². The summed E-state index contributed by atoms with van der Waals surface area (Å²) in [4.78, 5) is 13.3. The maximum Gasteiger partial charge on any atom is 0.254 e. The van der Waals surface area contributed by atoms with Gasteiger partial charge in [0.25, 0.3) is 5.91 Å². The third kappa shape index (κ3) is 3.96. The predicted molar refractivity (Wildman–Crippen MR) is 64.2 cm³/mol. The standard InChI is InChI=1S/C13H16F3NO2/c1-4-17(7-13(2,3)19)12(18)8-5-9(14)11(16)10(15)6-8/h5-6,19H,4,7H2,1-3H3. The Morgan fingerprint density at radius 2 is 1.74 bits per heavy atom. The molecule has 1 rings (SSSR count). The summed E-state index contributed by atoms with van der Waals surface area (Å²) < 4.78 is 39.0. The fourth-order valence-electron chi connectivity index (χ4n) is 1.66. The molecule has 0 heterocycles. The first kappa shape index (κ1) is 15.5. The van der Waals surface area contributed by atoms with Crippen LogP contribution >= 0.6 is 0 Å². The van der Waals surface area contributed by atoms with Crippen molar-refractivity contribution in [1.29, 1.82) is 0 Å². The van der Waals surface area contributed by atoms with Crippen molar-refractivity contribution >= 4 is 5.91 Å². The molecule has 0 bridgehead atoms. The summed E-state index contributed by atoms with van der Waals surface area (Å²) in [5, 5.41) is 9.67. The van der Waals surface area contributed by atoms with Gasteiger partial charge in [-0.3, -0.25) is 4.79 Å². The highest BCUT2D eigenvalue weighted by atomic mass is 19.2. The topological polar surface area (TPSA) is 40.5 Å². The van der Waals surface area contributed by atoms with Gasteiger partial charge in [0.05, 0.1) is 5.60 Å². The third-order valence-corrected chi connectivity index (χ3v) is 2.48. The van der Waals surface area contributed by atoms with Crippen LogP contribution in [-0.2, 0) is 0 Å². The lowest BCUT2D eigenvalue weighted by atomic mass is 10.1. The van der Waals surface area contributed by atoms with E-state index in [-0.39, 0.29) is 18.7 Å². The molecule has 6 heteroatoms. The van der Waals surface area contributed by atoms with Gasteiger partial charge in [0.1, 0.15) is 0 Å². The van der Waals surface area contributed by atoms with E-state index in [2.05, 4.69) is 0 Å². The van der Waals surface area contributed by atoms with E-state index in [1.807, 2.05) is 0 Å². The average molecular weight is 275 g/mol. The van der Waals surface area contributed by atoms with Crippen LogP contribution in [0.1, 0.15) is 31.1 Å². The number of rotatable bonds is 4. The Kier molecular flexibility index (Phi) is 4.57. The highest BCUT2D eigenvalue weighted by molar-refractivity contribution is 5.94. The largest absolute Gasteiger partial charge is 0.389 e. The van der Waals surface area contributed by atoms with Gasteiger partial charge in [-0.15, -0.1) is 0 Å². The second-order valence-electron chi connectivity index (χ2n) is 4.89. The van der Waals surface area contributed by atoms with Crippen LogP contribution in [0.4, 0.5) is 13.2 Å². The minimum Gasteiger partial charge on any atom is -0.389 e. The second-order valence-corrected chi connectivity index (χ2v) is 4.89. The first-order valence-corrected chi connectivity index (χ1v) is 5.82. The number of nitrogens with zero attached hydrogens (tertiary/aromatic N) is 1. The number of benzene rings is 1. The lowest BCUT2D eigenvalue weighted by Crippen LogP contribution is -2.42. The van der Waals surface area contributed by atoms with Gasteiger partial charge in [0, 0.05) is 18.7 Å². The number of hydrogen-bond donors (Lipinski definition) is 1. The molecule has 0 saturated carbocycles. The van der Waals surface area contributed by atoms with Crippen molar-refractivity contribution in [3.8, 4) is 0 Å². The monoisotopic (exact) mass is 275 g/mol. The quantitative estimate of drug-likeness (QED) is 0.857. The van der Waals surface area contributed by atoms with E-state index in [4.69, 9.17) is 0 Å². The van der Waals surface area contributed by atoms with E-state index in [1.54, 1.807) is 6.92 Å². The number of likely N-dealkylation sites (N-methyl/N-ethyl adjacent to an activating group) is 1. The summed E-state index contributed by atoms with van der Waals surface area (Å²) in [7, 11) is 0. The Hall–Kier alpha value is -1.56. The van der Waals surface area contributed by atoms with Gasteiger partial charge in [-0.1, -0.05) is 0 Å². The molecule has 19 heavy (non-hydrogen) atoms. The summed E-state index contributed by atoms with van der Waals surface area (Å²) in [6, 6.07) is 1.29. The predicted octanol–water partition coefficient (Wildman–Crippen LogP) is 2.34. The molecule has 106 valence electrons. The lowest BCUT2D eigenvalue weighted by molar-refractivity contribution is 0.0314. The number of carbonyl (C=O) groups is 1. The average Bonchev–Trinajstić information content (AvgIpc) is 2.30. The van der Waals surface area contributed by atoms with Crippen molar-refractivity contribution in [1.82, 2.24) is 4.90 Å². The van der Waals surface area contributed by atoms with Gasteiger partial charge >= 0.3 is 0 Å². The van der Waals surface area contributed by atoms with Crippen LogP contribution in [0, 0.1) is 17.5 Å². The lowest BCUT2D eigenvalue weighted by Gasteiger charge is -2.28. The highest BCUT2D eigenvalue weighted by Gasteiger charge is 2.24. The van der Waals surface area contributed by atoms with Crippen LogP contribution in [0.3, 0.4) is 0 Å². The molecule has 1 amide bonds. The molecule has 0 atom stereocenters. The maximum absolute atomic E-state index is 13.1. The van der Waals surface area contributed by atoms with Crippen LogP contribution in [0.15, 0.2) is 12.1 Å². The molecule has 1 aromatic carbocycles. The Bertz CT molecular complexity index is 460. The fraction of sp³-hybridized carbons (Fsp3) is 0.462. The number of hydrogen-bond acceptors (Lipinski definition) is 2. The molecule has 0 radical (unpaired) electrons. The van der Waals surface area contributed by atoms with Gasteiger partial charge in [0.2, 0.25) is 0 Å². The molecule has 0 saturated heterocycles. The van der Waals surface area contributed by atoms with Crippen LogP contribution in [0.2, 0.25) is 0 Å². The van der Waals surface area contributed by atoms with Gasteiger partial charge in [-0.2, -0.15) is 0 Å². The van der Waals surface area contributed by atoms with Crippen molar-refractivity contribution in [3.63, 3.8) is 0 Å². The molecule has 0 aliphatic rings. The van der Waals surface area contributed by atoms with Crippen molar-refractivity contribution in [3.05, 3.63) is 35.1 Å². The van der Waals surface area contributed by atoms with Crippen molar-refractivity contribution in [2.75, 3.05) is 13.1 Å². The van der Waals surface area contributed by atoms with Crippen LogP contribution in [0.5, 0.6) is 0 Å². The third-order valence-electron chi connectivity index (χ3n) is 2.48. The zero-order chi connectivity index (χ0) is 14.8. The molecule has 0 aliphatic carbocycles. The summed E-state index contributed by atoms with van der Waals surface area (Å²) in [5.74, 6) is -5.10. The molecule has 0 spiro atoms. The van der Waals surface area contributed by atoms with Gasteiger partial charge in [0.15, 0.2) is 17.5 Å². The van der Waals surface area contributed by atoms with Gasteiger partial charge in [-0.05, 0) is 32.9 Å². The van der Waals surface area contributed by atoms with Crippen LogP contribution in [0.25, 0.3) is 0 Å². The Balaban J connectivity index is 3.05. The molecule has 0 aliphatic heterocycles. The summed E-state index contributed by atoms with van der Waals surface area (Å²) in [6.07, 6.45) is 0. The number of aliphatic hydroxyl groups is 1. The van der Waals surface area contributed by atoms with Crippen LogP contribution < -0.4 is 0 Å². The smallest absolute Gasteiger partial charge is 0.254 e. The fourth-order valence-corrected chi connectivity index (χ4v) is 1.66.